The maximum Gasteiger partial charge on any atom is 0.257 e. The molecule has 1 aliphatic rings. The molecule has 114 valence electrons. The quantitative estimate of drug-likeness (QED) is 0.797. The molecule has 2 rings (SSSR count). The number of nitrogens with one attached hydrogen (secondary N) is 2. The molecule has 1 aliphatic carbocycles. The van der Waals surface area contributed by atoms with Crippen molar-refractivity contribution in [2.24, 2.45) is 0 Å². The van der Waals surface area contributed by atoms with Gasteiger partial charge in [-0.15, -0.1) is 0 Å². The summed E-state index contributed by atoms with van der Waals surface area (Å²) in [5.41, 5.74) is 0.543. The van der Waals surface area contributed by atoms with Crippen LogP contribution in [0.3, 0.4) is 0 Å². The summed E-state index contributed by atoms with van der Waals surface area (Å²) >= 11 is 8.59. The van der Waals surface area contributed by atoms with E-state index in [9.17, 15) is 4.79 Å². The third-order valence-corrected chi connectivity index (χ3v) is 4.25. The van der Waals surface area contributed by atoms with Crippen molar-refractivity contribution < 1.29 is 9.53 Å². The van der Waals surface area contributed by atoms with Crippen LogP contribution in [0.5, 0.6) is 5.75 Å². The molecule has 4 nitrogen and oxygen atoms in total. The number of carbonyl (C=O) groups excluding carboxylic acids is 1. The van der Waals surface area contributed by atoms with E-state index in [2.05, 4.69) is 26.6 Å². The second-order valence-electron chi connectivity index (χ2n) is 4.99. The monoisotopic (exact) mass is 370 g/mol. The first kappa shape index (κ1) is 16.2. The molecule has 6 heteroatoms. The van der Waals surface area contributed by atoms with Gasteiger partial charge in [-0.1, -0.05) is 12.8 Å². The van der Waals surface area contributed by atoms with Crippen LogP contribution >= 0.6 is 28.1 Å². The van der Waals surface area contributed by atoms with E-state index >= 15 is 0 Å². The van der Waals surface area contributed by atoms with Crippen molar-refractivity contribution in [3.8, 4) is 5.75 Å². The number of thiocarbonyl (C=S) groups is 1. The average molecular weight is 371 g/mol. The fourth-order valence-electron chi connectivity index (χ4n) is 2.38. The number of rotatable bonds is 4. The van der Waals surface area contributed by atoms with E-state index in [0.29, 0.717) is 23.3 Å². The SMILES string of the molecule is CCOc1ccc(C(=O)NC(=S)NC2CCCC2)cc1Br. The third kappa shape index (κ3) is 4.68. The van der Waals surface area contributed by atoms with E-state index in [0.717, 1.165) is 23.1 Å². The average Bonchev–Trinajstić information content (AvgIpc) is 2.93. The summed E-state index contributed by atoms with van der Waals surface area (Å²) in [4.78, 5) is 12.1. The number of hydrogen-bond donors (Lipinski definition) is 2. The van der Waals surface area contributed by atoms with E-state index < -0.39 is 0 Å². The zero-order valence-electron chi connectivity index (χ0n) is 11.9. The highest BCUT2D eigenvalue weighted by Gasteiger charge is 2.17. The Balaban J connectivity index is 1.93. The lowest BCUT2D eigenvalue weighted by molar-refractivity contribution is 0.0976. The molecule has 1 aromatic rings. The van der Waals surface area contributed by atoms with Gasteiger partial charge in [0.1, 0.15) is 5.75 Å². The zero-order valence-corrected chi connectivity index (χ0v) is 14.4. The van der Waals surface area contributed by atoms with E-state index in [1.54, 1.807) is 18.2 Å². The fourth-order valence-corrected chi connectivity index (χ4v) is 3.13. The van der Waals surface area contributed by atoms with Crippen molar-refractivity contribution in [2.75, 3.05) is 6.61 Å². The standard InChI is InChI=1S/C15H19BrN2O2S/c1-2-20-13-8-7-10(9-12(13)16)14(19)18-15(21)17-11-5-3-4-6-11/h7-9,11H,2-6H2,1H3,(H2,17,18,19,21). The minimum absolute atomic E-state index is 0.214. The number of hydrogen-bond acceptors (Lipinski definition) is 3. The smallest absolute Gasteiger partial charge is 0.257 e. The lowest BCUT2D eigenvalue weighted by Gasteiger charge is -2.15. The molecule has 0 heterocycles. The molecule has 0 radical (unpaired) electrons. The molecule has 0 aliphatic heterocycles. The van der Waals surface area contributed by atoms with Gasteiger partial charge in [-0.25, -0.2) is 0 Å². The third-order valence-electron chi connectivity index (χ3n) is 3.41. The molecule has 1 aromatic carbocycles. The van der Waals surface area contributed by atoms with Crippen LogP contribution in [0.15, 0.2) is 22.7 Å². The molecule has 1 amide bonds. The summed E-state index contributed by atoms with van der Waals surface area (Å²) in [6.07, 6.45) is 4.68. The van der Waals surface area contributed by atoms with Gasteiger partial charge in [0.05, 0.1) is 11.1 Å². The minimum Gasteiger partial charge on any atom is -0.493 e. The van der Waals surface area contributed by atoms with Crippen LogP contribution in [0.2, 0.25) is 0 Å². The zero-order chi connectivity index (χ0) is 15.2. The first-order chi connectivity index (χ1) is 10.1. The van der Waals surface area contributed by atoms with Gasteiger partial charge in [0, 0.05) is 11.6 Å². The van der Waals surface area contributed by atoms with Gasteiger partial charge in [-0.05, 0) is 66.1 Å². The Hall–Kier alpha value is -1.14. The lowest BCUT2D eigenvalue weighted by Crippen LogP contribution is -2.43. The van der Waals surface area contributed by atoms with Gasteiger partial charge in [0.25, 0.3) is 5.91 Å². The summed E-state index contributed by atoms with van der Waals surface area (Å²) in [6.45, 7) is 2.50. The van der Waals surface area contributed by atoms with Crippen LogP contribution < -0.4 is 15.4 Å². The Morgan fingerprint density at radius 2 is 2.14 bits per heavy atom. The van der Waals surface area contributed by atoms with Crippen molar-refractivity contribution in [1.82, 2.24) is 10.6 Å². The van der Waals surface area contributed by atoms with E-state index in [4.69, 9.17) is 17.0 Å². The summed E-state index contributed by atoms with van der Waals surface area (Å²) in [5, 5.41) is 6.31. The number of benzene rings is 1. The van der Waals surface area contributed by atoms with Crippen LogP contribution in [-0.4, -0.2) is 23.7 Å². The summed E-state index contributed by atoms with van der Waals surface area (Å²) in [5.74, 6) is 0.509. The Morgan fingerprint density at radius 1 is 1.43 bits per heavy atom. The van der Waals surface area contributed by atoms with Gasteiger partial charge in [-0.3, -0.25) is 10.1 Å². The van der Waals surface area contributed by atoms with Gasteiger partial charge in [0.15, 0.2) is 5.11 Å². The highest BCUT2D eigenvalue weighted by atomic mass is 79.9. The van der Waals surface area contributed by atoms with Crippen LogP contribution in [0.1, 0.15) is 43.0 Å². The molecule has 1 fully saturated rings. The Kier molecular flexibility index (Phi) is 5.99. The normalized spacial score (nSPS) is 14.8. The van der Waals surface area contributed by atoms with Crippen molar-refractivity contribution in [3.63, 3.8) is 0 Å². The number of carbonyl (C=O) groups is 1. The second-order valence-corrected chi connectivity index (χ2v) is 6.25. The Labute approximate surface area is 138 Å². The summed E-state index contributed by atoms with van der Waals surface area (Å²) < 4.78 is 6.18. The summed E-state index contributed by atoms with van der Waals surface area (Å²) in [6, 6.07) is 5.63. The number of ether oxygens (including phenoxy) is 1. The Bertz CT molecular complexity index is 530. The molecule has 0 atom stereocenters. The molecule has 1 saturated carbocycles. The van der Waals surface area contributed by atoms with Crippen LogP contribution in [0.25, 0.3) is 0 Å². The molecule has 0 saturated heterocycles. The largest absolute Gasteiger partial charge is 0.493 e. The predicted molar refractivity (Wildman–Crippen MR) is 90.8 cm³/mol. The fraction of sp³-hybridized carbons (Fsp3) is 0.467. The lowest BCUT2D eigenvalue weighted by atomic mass is 10.2. The molecule has 0 bridgehead atoms. The molecule has 2 N–H and O–H groups in total. The van der Waals surface area contributed by atoms with Gasteiger partial charge in [0.2, 0.25) is 0 Å². The molecule has 0 aromatic heterocycles. The van der Waals surface area contributed by atoms with Crippen LogP contribution in [0.4, 0.5) is 0 Å². The molecule has 0 unspecified atom stereocenters. The molecular formula is C15H19BrN2O2S. The van der Waals surface area contributed by atoms with E-state index in [1.807, 2.05) is 6.92 Å². The predicted octanol–water partition coefficient (Wildman–Crippen LogP) is 3.39. The number of amides is 1. The topological polar surface area (TPSA) is 50.4 Å². The van der Waals surface area contributed by atoms with Gasteiger partial charge in [-0.2, -0.15) is 0 Å². The van der Waals surface area contributed by atoms with Crippen molar-refractivity contribution in [3.05, 3.63) is 28.2 Å². The van der Waals surface area contributed by atoms with Gasteiger partial charge < -0.3 is 10.1 Å². The maximum atomic E-state index is 12.1. The summed E-state index contributed by atoms with van der Waals surface area (Å²) in [7, 11) is 0. The van der Waals surface area contributed by atoms with Crippen molar-refractivity contribution in [1.29, 1.82) is 0 Å². The van der Waals surface area contributed by atoms with Crippen LogP contribution in [-0.2, 0) is 0 Å². The first-order valence-corrected chi connectivity index (χ1v) is 8.34. The first-order valence-electron chi connectivity index (χ1n) is 7.14. The highest BCUT2D eigenvalue weighted by Crippen LogP contribution is 2.26. The highest BCUT2D eigenvalue weighted by molar-refractivity contribution is 9.10. The van der Waals surface area contributed by atoms with Crippen LogP contribution in [0, 0.1) is 0 Å². The molecule has 0 spiro atoms. The maximum absolute atomic E-state index is 12.1. The van der Waals surface area contributed by atoms with E-state index in [-0.39, 0.29) is 5.91 Å². The Morgan fingerprint density at radius 3 is 2.76 bits per heavy atom. The second kappa shape index (κ2) is 7.75. The number of halogens is 1. The minimum atomic E-state index is -0.214. The van der Waals surface area contributed by atoms with Gasteiger partial charge >= 0.3 is 0 Å². The van der Waals surface area contributed by atoms with Crippen molar-refractivity contribution in [2.45, 2.75) is 38.6 Å². The van der Waals surface area contributed by atoms with E-state index in [1.165, 1.54) is 12.8 Å². The molecule has 21 heavy (non-hydrogen) atoms. The molecular weight excluding hydrogens is 352 g/mol. The van der Waals surface area contributed by atoms with Crippen molar-refractivity contribution >= 4 is 39.2 Å².